The highest BCUT2D eigenvalue weighted by Gasteiger charge is 2.04. The van der Waals surface area contributed by atoms with E-state index in [0.717, 1.165) is 12.5 Å². The SMILES string of the molecule is CCC(CC)CNc1ccccc1CCl. The van der Waals surface area contributed by atoms with E-state index >= 15 is 0 Å². The van der Waals surface area contributed by atoms with Crippen LogP contribution in [0.4, 0.5) is 5.69 Å². The highest BCUT2D eigenvalue weighted by Crippen LogP contribution is 2.18. The van der Waals surface area contributed by atoms with Crippen LogP contribution in [0.3, 0.4) is 0 Å². The second-order valence-electron chi connectivity index (χ2n) is 3.85. The minimum Gasteiger partial charge on any atom is -0.385 e. The van der Waals surface area contributed by atoms with Gasteiger partial charge >= 0.3 is 0 Å². The molecule has 0 aromatic heterocycles. The van der Waals surface area contributed by atoms with Crippen LogP contribution in [0.15, 0.2) is 24.3 Å². The van der Waals surface area contributed by atoms with E-state index < -0.39 is 0 Å². The van der Waals surface area contributed by atoms with E-state index in [0.29, 0.717) is 5.88 Å². The van der Waals surface area contributed by atoms with E-state index in [9.17, 15) is 0 Å². The van der Waals surface area contributed by atoms with Crippen molar-refractivity contribution in [3.63, 3.8) is 0 Å². The third kappa shape index (κ3) is 3.75. The maximum absolute atomic E-state index is 5.88. The van der Waals surface area contributed by atoms with E-state index in [1.807, 2.05) is 12.1 Å². The van der Waals surface area contributed by atoms with Crippen molar-refractivity contribution < 1.29 is 0 Å². The Hall–Kier alpha value is -0.690. The van der Waals surface area contributed by atoms with E-state index in [1.165, 1.54) is 24.1 Å². The fraction of sp³-hybridized carbons (Fsp3) is 0.538. The van der Waals surface area contributed by atoms with Crippen molar-refractivity contribution in [1.29, 1.82) is 0 Å². The van der Waals surface area contributed by atoms with Gasteiger partial charge in [0.1, 0.15) is 0 Å². The zero-order valence-electron chi connectivity index (χ0n) is 9.59. The average Bonchev–Trinajstić information content (AvgIpc) is 2.31. The Morgan fingerprint density at radius 1 is 1.20 bits per heavy atom. The molecule has 0 aliphatic rings. The quantitative estimate of drug-likeness (QED) is 0.713. The lowest BCUT2D eigenvalue weighted by atomic mass is 10.0. The average molecular weight is 226 g/mol. The number of rotatable bonds is 6. The molecule has 1 aromatic rings. The molecule has 84 valence electrons. The van der Waals surface area contributed by atoms with Gasteiger partial charge < -0.3 is 5.32 Å². The minimum atomic E-state index is 0.575. The predicted molar refractivity (Wildman–Crippen MR) is 68.6 cm³/mol. The molecule has 0 radical (unpaired) electrons. The molecule has 0 heterocycles. The van der Waals surface area contributed by atoms with Gasteiger partial charge in [0.15, 0.2) is 0 Å². The summed E-state index contributed by atoms with van der Waals surface area (Å²) in [6.45, 7) is 5.52. The van der Waals surface area contributed by atoms with Gasteiger partial charge in [-0.05, 0) is 17.5 Å². The largest absolute Gasteiger partial charge is 0.385 e. The standard InChI is InChI=1S/C13H20ClN/c1-3-11(4-2)10-15-13-8-6-5-7-12(13)9-14/h5-8,11,15H,3-4,9-10H2,1-2H3. The van der Waals surface area contributed by atoms with Gasteiger partial charge in [-0.3, -0.25) is 0 Å². The van der Waals surface area contributed by atoms with Gasteiger partial charge in [0.05, 0.1) is 0 Å². The van der Waals surface area contributed by atoms with Crippen molar-refractivity contribution >= 4 is 17.3 Å². The summed E-state index contributed by atoms with van der Waals surface area (Å²) >= 11 is 5.88. The van der Waals surface area contributed by atoms with Crippen LogP contribution >= 0.6 is 11.6 Å². The highest BCUT2D eigenvalue weighted by atomic mass is 35.5. The van der Waals surface area contributed by atoms with Crippen molar-refractivity contribution in [3.05, 3.63) is 29.8 Å². The maximum atomic E-state index is 5.88. The Bertz CT molecular complexity index is 282. The first kappa shape index (κ1) is 12.4. The minimum absolute atomic E-state index is 0.575. The van der Waals surface area contributed by atoms with Gasteiger partial charge in [0.25, 0.3) is 0 Å². The van der Waals surface area contributed by atoms with Crippen molar-refractivity contribution in [2.45, 2.75) is 32.6 Å². The Morgan fingerprint density at radius 2 is 1.87 bits per heavy atom. The summed E-state index contributed by atoms with van der Waals surface area (Å²) in [5, 5.41) is 3.48. The normalized spacial score (nSPS) is 10.7. The Morgan fingerprint density at radius 3 is 2.47 bits per heavy atom. The van der Waals surface area contributed by atoms with Crippen LogP contribution in [-0.2, 0) is 5.88 Å². The first-order valence-corrected chi connectivity index (χ1v) is 6.23. The molecule has 0 atom stereocenters. The van der Waals surface area contributed by atoms with E-state index in [4.69, 9.17) is 11.6 Å². The number of alkyl halides is 1. The molecular formula is C13H20ClN. The Kier molecular flexibility index (Phi) is 5.56. The molecule has 15 heavy (non-hydrogen) atoms. The highest BCUT2D eigenvalue weighted by molar-refractivity contribution is 6.17. The van der Waals surface area contributed by atoms with Crippen LogP contribution in [0.1, 0.15) is 32.3 Å². The van der Waals surface area contributed by atoms with Crippen LogP contribution < -0.4 is 5.32 Å². The topological polar surface area (TPSA) is 12.0 Å². The lowest BCUT2D eigenvalue weighted by Crippen LogP contribution is -2.13. The number of benzene rings is 1. The first-order chi connectivity index (χ1) is 7.31. The van der Waals surface area contributed by atoms with Crippen LogP contribution in [0.25, 0.3) is 0 Å². The molecule has 1 nitrogen and oxygen atoms in total. The molecule has 2 heteroatoms. The molecule has 0 bridgehead atoms. The van der Waals surface area contributed by atoms with Crippen molar-refractivity contribution in [2.24, 2.45) is 5.92 Å². The summed E-state index contributed by atoms with van der Waals surface area (Å²) in [4.78, 5) is 0. The predicted octanol–water partition coefficient (Wildman–Crippen LogP) is 4.27. The maximum Gasteiger partial charge on any atom is 0.0494 e. The van der Waals surface area contributed by atoms with E-state index in [1.54, 1.807) is 0 Å². The number of hydrogen-bond donors (Lipinski definition) is 1. The Labute approximate surface area is 97.8 Å². The molecule has 0 unspecified atom stereocenters. The summed E-state index contributed by atoms with van der Waals surface area (Å²) in [5.74, 6) is 1.33. The summed E-state index contributed by atoms with van der Waals surface area (Å²) < 4.78 is 0. The lowest BCUT2D eigenvalue weighted by molar-refractivity contribution is 0.519. The third-order valence-electron chi connectivity index (χ3n) is 2.90. The molecule has 1 N–H and O–H groups in total. The number of anilines is 1. The Balaban J connectivity index is 2.56. The number of nitrogens with one attached hydrogen (secondary N) is 1. The van der Waals surface area contributed by atoms with Gasteiger partial charge in [-0.15, -0.1) is 11.6 Å². The van der Waals surface area contributed by atoms with Crippen LogP contribution in [-0.4, -0.2) is 6.54 Å². The van der Waals surface area contributed by atoms with E-state index in [-0.39, 0.29) is 0 Å². The molecule has 1 rings (SSSR count). The summed E-state index contributed by atoms with van der Waals surface area (Å²) in [5.41, 5.74) is 2.37. The summed E-state index contributed by atoms with van der Waals surface area (Å²) in [6, 6.07) is 8.24. The summed E-state index contributed by atoms with van der Waals surface area (Å²) in [7, 11) is 0. The summed E-state index contributed by atoms with van der Waals surface area (Å²) in [6.07, 6.45) is 2.46. The van der Waals surface area contributed by atoms with Crippen molar-refractivity contribution in [1.82, 2.24) is 0 Å². The van der Waals surface area contributed by atoms with Gasteiger partial charge in [-0.2, -0.15) is 0 Å². The molecule has 1 aromatic carbocycles. The van der Waals surface area contributed by atoms with Crippen LogP contribution in [0, 0.1) is 5.92 Å². The van der Waals surface area contributed by atoms with Crippen LogP contribution in [0.5, 0.6) is 0 Å². The second kappa shape index (κ2) is 6.73. The molecule has 0 amide bonds. The zero-order chi connectivity index (χ0) is 11.1. The van der Waals surface area contributed by atoms with Gasteiger partial charge in [0.2, 0.25) is 0 Å². The first-order valence-electron chi connectivity index (χ1n) is 5.69. The van der Waals surface area contributed by atoms with Gasteiger partial charge in [0, 0.05) is 18.1 Å². The van der Waals surface area contributed by atoms with Gasteiger partial charge in [-0.25, -0.2) is 0 Å². The molecule has 0 saturated carbocycles. The number of halogens is 1. The molecular weight excluding hydrogens is 206 g/mol. The lowest BCUT2D eigenvalue weighted by Gasteiger charge is -2.16. The monoisotopic (exact) mass is 225 g/mol. The molecule has 0 spiro atoms. The number of para-hydroxylation sites is 1. The molecule has 0 aliphatic carbocycles. The van der Waals surface area contributed by atoms with E-state index in [2.05, 4.69) is 31.3 Å². The molecule has 0 aliphatic heterocycles. The number of hydrogen-bond acceptors (Lipinski definition) is 1. The van der Waals surface area contributed by atoms with Gasteiger partial charge in [-0.1, -0.05) is 44.9 Å². The van der Waals surface area contributed by atoms with Crippen molar-refractivity contribution in [3.8, 4) is 0 Å². The van der Waals surface area contributed by atoms with Crippen LogP contribution in [0.2, 0.25) is 0 Å². The van der Waals surface area contributed by atoms with Crippen molar-refractivity contribution in [2.75, 3.05) is 11.9 Å². The molecule has 0 saturated heterocycles. The zero-order valence-corrected chi connectivity index (χ0v) is 10.3. The fourth-order valence-electron chi connectivity index (χ4n) is 1.64. The smallest absolute Gasteiger partial charge is 0.0494 e. The second-order valence-corrected chi connectivity index (χ2v) is 4.12. The fourth-order valence-corrected chi connectivity index (χ4v) is 1.87. The third-order valence-corrected chi connectivity index (χ3v) is 3.19. The molecule has 0 fully saturated rings.